The molecule has 4 saturated carbocycles. The third-order valence-electron chi connectivity index (χ3n) is 17.4. The third kappa shape index (κ3) is 7.65. The molecular weight excluding hydrogens is 748 g/mol. The Bertz CT molecular complexity index is 1750. The van der Waals surface area contributed by atoms with E-state index >= 15 is 0 Å². The molecule has 1 aromatic rings. The van der Waals surface area contributed by atoms with Gasteiger partial charge < -0.3 is 19.5 Å². The van der Waals surface area contributed by atoms with Crippen LogP contribution in [0.15, 0.2) is 35.4 Å². The first kappa shape index (κ1) is 45.3. The minimum absolute atomic E-state index is 0.0234. The fourth-order valence-corrected chi connectivity index (χ4v) is 14.2. The van der Waals surface area contributed by atoms with Gasteiger partial charge in [-0.05, 0) is 142 Å². The topological polar surface area (TPSA) is 96.4 Å². The van der Waals surface area contributed by atoms with Crippen LogP contribution in [-0.4, -0.2) is 85.7 Å². The number of benzene rings is 1. The monoisotopic (exact) mass is 823 g/mol. The van der Waals surface area contributed by atoms with Crippen molar-refractivity contribution in [1.82, 2.24) is 9.80 Å². The van der Waals surface area contributed by atoms with Crippen LogP contribution in [0.25, 0.3) is 0 Å². The minimum atomic E-state index is -1.16. The van der Waals surface area contributed by atoms with Crippen molar-refractivity contribution in [2.75, 3.05) is 40.8 Å². The van der Waals surface area contributed by atoms with Crippen molar-refractivity contribution in [3.05, 3.63) is 46.0 Å². The average Bonchev–Trinajstić information content (AvgIpc) is 3.44. The van der Waals surface area contributed by atoms with E-state index in [2.05, 4.69) is 84.5 Å². The molecule has 9 atom stereocenters. The summed E-state index contributed by atoms with van der Waals surface area (Å²) in [6.07, 6.45) is 8.27. The van der Waals surface area contributed by atoms with Crippen molar-refractivity contribution >= 4 is 29.3 Å². The van der Waals surface area contributed by atoms with Crippen LogP contribution in [0.1, 0.15) is 132 Å². The number of carboxylic acids is 1. The number of likely N-dealkylation sites (N-methyl/N-ethyl adjacent to an activating group) is 1. The Morgan fingerprint density at radius 2 is 1.59 bits per heavy atom. The van der Waals surface area contributed by atoms with E-state index in [1.807, 2.05) is 19.2 Å². The normalized spacial score (nSPS) is 35.1. The number of nitrogens with zero attached hydrogens (tertiary/aromatic N) is 2. The molecule has 5 aliphatic rings. The van der Waals surface area contributed by atoms with Crippen LogP contribution < -0.4 is 0 Å². The van der Waals surface area contributed by atoms with Gasteiger partial charge in [-0.25, -0.2) is 0 Å². The van der Waals surface area contributed by atoms with E-state index in [0.29, 0.717) is 30.0 Å². The van der Waals surface area contributed by atoms with E-state index in [1.165, 1.54) is 11.1 Å². The summed E-state index contributed by atoms with van der Waals surface area (Å²) in [5.41, 5.74) is 2.21. The Kier molecular flexibility index (Phi) is 12.7. The number of carboxylic acid groups (broad SMARTS) is 1. The number of esters is 1. The number of Topliss-reactive ketones (excluding diaryl/α,β-unsaturated/α-hetero) is 1. The highest BCUT2D eigenvalue weighted by Gasteiger charge is 2.71. The highest BCUT2D eigenvalue weighted by atomic mass is 35.5. The number of ether oxygens (including phenoxy) is 2. The Morgan fingerprint density at radius 1 is 0.914 bits per heavy atom. The van der Waals surface area contributed by atoms with E-state index in [1.54, 1.807) is 13.8 Å². The molecule has 8 nitrogen and oxygen atoms in total. The summed E-state index contributed by atoms with van der Waals surface area (Å²) in [6.45, 7) is 23.4. The maximum atomic E-state index is 14.5. The molecule has 1 unspecified atom stereocenters. The van der Waals surface area contributed by atoms with Gasteiger partial charge in [-0.1, -0.05) is 77.8 Å². The number of fused-ring (bicyclic) bond motifs is 7. The highest BCUT2D eigenvalue weighted by molar-refractivity contribution is 6.30. The van der Waals surface area contributed by atoms with Gasteiger partial charge in [0.25, 0.3) is 0 Å². The van der Waals surface area contributed by atoms with E-state index in [4.69, 9.17) is 21.1 Å². The largest absolute Gasteiger partial charge is 0.481 e. The Hall–Kier alpha value is -2.26. The molecule has 0 amide bonds. The Balaban J connectivity index is 1.30. The lowest BCUT2D eigenvalue weighted by Gasteiger charge is -2.72. The van der Waals surface area contributed by atoms with Crippen LogP contribution in [0, 0.1) is 56.2 Å². The average molecular weight is 824 g/mol. The van der Waals surface area contributed by atoms with Crippen molar-refractivity contribution in [3.8, 4) is 0 Å². The van der Waals surface area contributed by atoms with Crippen LogP contribution in [0.2, 0.25) is 5.02 Å². The first-order chi connectivity index (χ1) is 27.0. The molecule has 9 heteroatoms. The molecule has 1 aromatic carbocycles. The summed E-state index contributed by atoms with van der Waals surface area (Å²) in [4.78, 5) is 44.3. The van der Waals surface area contributed by atoms with Gasteiger partial charge in [0, 0.05) is 55.6 Å². The van der Waals surface area contributed by atoms with Crippen LogP contribution in [0.5, 0.6) is 0 Å². The first-order valence-corrected chi connectivity index (χ1v) is 22.7. The first-order valence-electron chi connectivity index (χ1n) is 22.3. The number of hydrogen-bond acceptors (Lipinski definition) is 7. The molecule has 5 aliphatic carbocycles. The second kappa shape index (κ2) is 16.2. The second-order valence-corrected chi connectivity index (χ2v) is 22.4. The number of methoxy groups -OCH3 is 1. The van der Waals surface area contributed by atoms with Crippen LogP contribution in [-0.2, 0) is 30.4 Å². The van der Waals surface area contributed by atoms with Crippen LogP contribution >= 0.6 is 11.6 Å². The van der Waals surface area contributed by atoms with Crippen LogP contribution in [0.4, 0.5) is 0 Å². The number of halogens is 1. The molecule has 324 valence electrons. The summed E-state index contributed by atoms with van der Waals surface area (Å²) < 4.78 is 12.9. The predicted molar refractivity (Wildman–Crippen MR) is 231 cm³/mol. The van der Waals surface area contributed by atoms with E-state index in [0.717, 1.165) is 88.1 Å². The second-order valence-electron chi connectivity index (χ2n) is 21.9. The van der Waals surface area contributed by atoms with Crippen LogP contribution in [0.3, 0.4) is 0 Å². The van der Waals surface area contributed by atoms with Gasteiger partial charge in [0.1, 0.15) is 6.10 Å². The molecule has 0 radical (unpaired) electrons. The van der Waals surface area contributed by atoms with Gasteiger partial charge in [0.15, 0.2) is 5.78 Å². The van der Waals surface area contributed by atoms with Crippen molar-refractivity contribution in [3.63, 3.8) is 0 Å². The fourth-order valence-electron chi connectivity index (χ4n) is 14.0. The number of carbonyl (C=O) groups excluding carboxylic acids is 2. The zero-order valence-corrected chi connectivity index (χ0v) is 38.7. The molecule has 1 N–H and O–H groups in total. The molecule has 6 rings (SSSR count). The molecule has 58 heavy (non-hydrogen) atoms. The van der Waals surface area contributed by atoms with Gasteiger partial charge >= 0.3 is 11.9 Å². The molecule has 0 heterocycles. The SMILES string of the molecule is CO[C@H](CN(CCN(C)C)Cc1ccc(Cl)cc1)[C@@]12CC[C@]3(C)[C@H](CCC4[C@@]5(C)CC[C@H](OC(=O)CC(C)(C)C(=O)O)C(C)(C)[C@@H]5CC[C@]43C)C1=C(C(C)C)C(=O)C2. The van der Waals surface area contributed by atoms with Crippen molar-refractivity contribution < 1.29 is 29.0 Å². The molecule has 0 bridgehead atoms. The summed E-state index contributed by atoms with van der Waals surface area (Å²) in [5.74, 6) is 0.300. The summed E-state index contributed by atoms with van der Waals surface area (Å²) in [5, 5.41) is 10.4. The zero-order chi connectivity index (χ0) is 42.8. The highest BCUT2D eigenvalue weighted by Crippen LogP contribution is 2.77. The Labute approximate surface area is 355 Å². The number of rotatable bonds is 14. The summed E-state index contributed by atoms with van der Waals surface area (Å²) >= 11 is 6.28. The fraction of sp³-hybridized carbons (Fsp3) is 0.776. The molecular formula is C49H75ClN2O6. The molecule has 0 aliphatic heterocycles. The quantitative estimate of drug-likeness (QED) is 0.185. The molecule has 4 fully saturated rings. The summed E-state index contributed by atoms with van der Waals surface area (Å²) in [6, 6.07) is 8.18. The standard InChI is InChI=1S/C49H75ClN2O6/c1-31(2)41-35(53)27-49(39(57-12)30-52(26-25-51(10)11)29-32-13-15-33(50)16-14-32)24-23-47(8)34(42(41)49)17-18-37-46(7)21-20-38(58-40(54)28-44(3,4)43(55)56)45(5,6)36(46)19-22-48(37,47)9/h13-16,31,34,36-39H,17-30H2,1-12H3,(H,55,56)/t34-,36+,37?,38+,39-,46+,47-,48-,49+/m1/s1. The number of allylic oxidation sites excluding steroid dienone is 1. The number of ketones is 1. The number of carbonyl (C=O) groups is 3. The lowest BCUT2D eigenvalue weighted by molar-refractivity contribution is -0.235. The zero-order valence-electron chi connectivity index (χ0n) is 37.9. The maximum absolute atomic E-state index is 14.5. The van der Waals surface area contributed by atoms with Gasteiger partial charge in [0.2, 0.25) is 0 Å². The van der Waals surface area contributed by atoms with E-state index < -0.39 is 17.4 Å². The summed E-state index contributed by atoms with van der Waals surface area (Å²) in [7, 11) is 6.12. The van der Waals surface area contributed by atoms with Gasteiger partial charge in [-0.15, -0.1) is 0 Å². The third-order valence-corrected chi connectivity index (χ3v) is 17.6. The van der Waals surface area contributed by atoms with Crippen molar-refractivity contribution in [1.29, 1.82) is 0 Å². The lowest BCUT2D eigenvalue weighted by atomic mass is 9.33. The molecule has 0 spiro atoms. The van der Waals surface area contributed by atoms with Crippen molar-refractivity contribution in [2.45, 2.75) is 145 Å². The van der Waals surface area contributed by atoms with E-state index in [9.17, 15) is 19.5 Å². The van der Waals surface area contributed by atoms with Crippen molar-refractivity contribution in [2.24, 2.45) is 56.2 Å². The lowest BCUT2D eigenvalue weighted by Crippen LogP contribution is -2.66. The van der Waals surface area contributed by atoms with Gasteiger partial charge in [0.05, 0.1) is 17.9 Å². The van der Waals surface area contributed by atoms with Gasteiger partial charge in [-0.3, -0.25) is 19.3 Å². The number of hydrogen-bond donors (Lipinski definition) is 1. The minimum Gasteiger partial charge on any atom is -0.481 e. The maximum Gasteiger partial charge on any atom is 0.309 e. The predicted octanol–water partition coefficient (Wildman–Crippen LogP) is 10.1. The van der Waals surface area contributed by atoms with E-state index in [-0.39, 0.29) is 51.6 Å². The molecule has 0 aromatic heterocycles. The number of aliphatic carboxylic acids is 1. The van der Waals surface area contributed by atoms with Gasteiger partial charge in [-0.2, -0.15) is 0 Å². The smallest absolute Gasteiger partial charge is 0.309 e. The Morgan fingerprint density at radius 3 is 2.19 bits per heavy atom. The molecule has 0 saturated heterocycles.